The molecule has 3 amide bonds. The zero-order valence-corrected chi connectivity index (χ0v) is 16.4. The summed E-state index contributed by atoms with van der Waals surface area (Å²) >= 11 is 0. The Bertz CT molecular complexity index is 760. The molecule has 2 N–H and O–H groups in total. The molecule has 1 aromatic carbocycles. The second kappa shape index (κ2) is 7.58. The summed E-state index contributed by atoms with van der Waals surface area (Å²) in [6.07, 6.45) is 2.44. The molecule has 0 spiro atoms. The minimum absolute atomic E-state index is 0.0123. The Morgan fingerprint density at radius 2 is 2.00 bits per heavy atom. The average Bonchev–Trinajstić information content (AvgIpc) is 2.95. The molecule has 2 aliphatic heterocycles. The fourth-order valence-electron chi connectivity index (χ4n) is 3.71. The summed E-state index contributed by atoms with van der Waals surface area (Å²) in [6, 6.07) is 4.46. The first-order valence-corrected chi connectivity index (χ1v) is 9.52. The van der Waals surface area contributed by atoms with Crippen LogP contribution in [0.2, 0.25) is 0 Å². The molecule has 1 aromatic rings. The molecular formula is C20H28N4O3. The van der Waals surface area contributed by atoms with E-state index in [1.54, 1.807) is 4.90 Å². The number of carbonyl (C=O) groups excluding carboxylic acids is 3. The molecule has 3 rings (SSSR count). The molecule has 2 heterocycles. The number of nitrogens with zero attached hydrogens (tertiary/aromatic N) is 2. The first kappa shape index (κ1) is 19.2. The molecule has 7 nitrogen and oxygen atoms in total. The minimum Gasteiger partial charge on any atom is -0.378 e. The second-order valence-corrected chi connectivity index (χ2v) is 7.79. The number of likely N-dealkylation sites (tertiary alicyclic amines) is 1. The summed E-state index contributed by atoms with van der Waals surface area (Å²) in [5, 5.41) is 5.71. The van der Waals surface area contributed by atoms with Crippen molar-refractivity contribution in [2.45, 2.75) is 45.2 Å². The number of nitrogens with one attached hydrogen (secondary N) is 2. The third-order valence-corrected chi connectivity index (χ3v) is 5.25. The Labute approximate surface area is 160 Å². The molecule has 27 heavy (non-hydrogen) atoms. The maximum absolute atomic E-state index is 12.9. The first-order chi connectivity index (χ1) is 12.8. The standard InChI is InChI=1S/C20H28N4O3/c1-12(2)20(27)24-10-6-5-7-16(24)18(25)22-17-14-9-8-13(23(3)4)11-15(14)21-19(17)26/h8-9,11-12,16-17H,5-7,10H2,1-4H3,(H,21,26)(H,22,25)/t16-,17+/m0/s1. The van der Waals surface area contributed by atoms with Gasteiger partial charge in [-0.15, -0.1) is 0 Å². The lowest BCUT2D eigenvalue weighted by molar-refractivity contribution is -0.145. The number of anilines is 2. The van der Waals surface area contributed by atoms with Gasteiger partial charge in [0.1, 0.15) is 12.1 Å². The van der Waals surface area contributed by atoms with Gasteiger partial charge in [-0.3, -0.25) is 14.4 Å². The van der Waals surface area contributed by atoms with Crippen molar-refractivity contribution in [3.63, 3.8) is 0 Å². The largest absolute Gasteiger partial charge is 0.378 e. The van der Waals surface area contributed by atoms with E-state index in [1.807, 2.05) is 51.0 Å². The lowest BCUT2D eigenvalue weighted by Gasteiger charge is -2.36. The second-order valence-electron chi connectivity index (χ2n) is 7.79. The highest BCUT2D eigenvalue weighted by Crippen LogP contribution is 2.34. The monoisotopic (exact) mass is 372 g/mol. The van der Waals surface area contributed by atoms with Gasteiger partial charge >= 0.3 is 0 Å². The topological polar surface area (TPSA) is 81.8 Å². The number of carbonyl (C=O) groups is 3. The van der Waals surface area contributed by atoms with Crippen molar-refractivity contribution < 1.29 is 14.4 Å². The van der Waals surface area contributed by atoms with Crippen LogP contribution in [-0.2, 0) is 14.4 Å². The molecular weight excluding hydrogens is 344 g/mol. The Morgan fingerprint density at radius 3 is 2.67 bits per heavy atom. The molecule has 0 saturated carbocycles. The normalized spacial score (nSPS) is 21.7. The number of amides is 3. The van der Waals surface area contributed by atoms with Gasteiger partial charge in [-0.1, -0.05) is 19.9 Å². The van der Waals surface area contributed by atoms with Crippen LogP contribution in [0, 0.1) is 5.92 Å². The molecule has 0 aromatic heterocycles. The molecule has 2 atom stereocenters. The average molecular weight is 372 g/mol. The number of benzene rings is 1. The first-order valence-electron chi connectivity index (χ1n) is 9.52. The van der Waals surface area contributed by atoms with Gasteiger partial charge in [0.05, 0.1) is 0 Å². The van der Waals surface area contributed by atoms with E-state index in [0.29, 0.717) is 13.0 Å². The van der Waals surface area contributed by atoms with E-state index in [0.717, 1.165) is 29.8 Å². The van der Waals surface area contributed by atoms with Crippen LogP contribution in [0.5, 0.6) is 0 Å². The molecule has 2 aliphatic rings. The van der Waals surface area contributed by atoms with Crippen LogP contribution >= 0.6 is 0 Å². The minimum atomic E-state index is -0.721. The van der Waals surface area contributed by atoms with E-state index >= 15 is 0 Å². The lowest BCUT2D eigenvalue weighted by Crippen LogP contribution is -2.53. The predicted molar refractivity (Wildman–Crippen MR) is 104 cm³/mol. The summed E-state index contributed by atoms with van der Waals surface area (Å²) in [4.78, 5) is 41.5. The molecule has 0 unspecified atom stereocenters. The number of rotatable bonds is 4. The van der Waals surface area contributed by atoms with Crippen LogP contribution in [0.3, 0.4) is 0 Å². The number of hydrogen-bond donors (Lipinski definition) is 2. The van der Waals surface area contributed by atoms with Crippen molar-refractivity contribution in [1.82, 2.24) is 10.2 Å². The summed E-state index contributed by atoms with van der Waals surface area (Å²) < 4.78 is 0. The van der Waals surface area contributed by atoms with Crippen LogP contribution in [0.1, 0.15) is 44.7 Å². The number of piperidine rings is 1. The molecule has 1 saturated heterocycles. The van der Waals surface area contributed by atoms with E-state index in [1.165, 1.54) is 0 Å². The Hall–Kier alpha value is -2.57. The summed E-state index contributed by atoms with van der Waals surface area (Å²) in [6.45, 7) is 4.28. The highest BCUT2D eigenvalue weighted by atomic mass is 16.2. The molecule has 0 bridgehead atoms. The maximum Gasteiger partial charge on any atom is 0.251 e. The molecule has 1 fully saturated rings. The van der Waals surface area contributed by atoms with Crippen LogP contribution in [0.4, 0.5) is 11.4 Å². The Balaban J connectivity index is 1.78. The van der Waals surface area contributed by atoms with E-state index in [9.17, 15) is 14.4 Å². The molecule has 146 valence electrons. The van der Waals surface area contributed by atoms with E-state index in [-0.39, 0.29) is 23.6 Å². The molecule has 0 radical (unpaired) electrons. The van der Waals surface area contributed by atoms with Gasteiger partial charge in [0, 0.05) is 43.5 Å². The van der Waals surface area contributed by atoms with E-state index in [4.69, 9.17) is 0 Å². The van der Waals surface area contributed by atoms with Crippen molar-refractivity contribution >= 4 is 29.1 Å². The van der Waals surface area contributed by atoms with Gasteiger partial charge in [-0.05, 0) is 31.4 Å². The fourth-order valence-corrected chi connectivity index (χ4v) is 3.71. The Morgan fingerprint density at radius 1 is 1.26 bits per heavy atom. The summed E-state index contributed by atoms with van der Waals surface area (Å²) in [5.74, 6) is -0.666. The third kappa shape index (κ3) is 3.77. The highest BCUT2D eigenvalue weighted by molar-refractivity contribution is 6.05. The van der Waals surface area contributed by atoms with Gasteiger partial charge in [0.2, 0.25) is 11.8 Å². The lowest BCUT2D eigenvalue weighted by atomic mass is 9.98. The maximum atomic E-state index is 12.9. The third-order valence-electron chi connectivity index (χ3n) is 5.25. The SMILES string of the molecule is CC(C)C(=O)N1CCCC[C@H]1C(=O)N[C@H]1C(=O)Nc2cc(N(C)C)ccc21. The van der Waals surface area contributed by atoms with Gasteiger partial charge in [0.25, 0.3) is 5.91 Å². The summed E-state index contributed by atoms with van der Waals surface area (Å²) in [7, 11) is 3.86. The van der Waals surface area contributed by atoms with Crippen molar-refractivity contribution in [2.24, 2.45) is 5.92 Å². The van der Waals surface area contributed by atoms with Crippen molar-refractivity contribution in [3.05, 3.63) is 23.8 Å². The van der Waals surface area contributed by atoms with Crippen molar-refractivity contribution in [1.29, 1.82) is 0 Å². The van der Waals surface area contributed by atoms with Crippen LogP contribution < -0.4 is 15.5 Å². The van der Waals surface area contributed by atoms with Crippen molar-refractivity contribution in [3.8, 4) is 0 Å². The molecule has 7 heteroatoms. The smallest absolute Gasteiger partial charge is 0.251 e. The fraction of sp³-hybridized carbons (Fsp3) is 0.550. The van der Waals surface area contributed by atoms with Gasteiger partial charge < -0.3 is 20.4 Å². The van der Waals surface area contributed by atoms with Gasteiger partial charge in [-0.25, -0.2) is 0 Å². The highest BCUT2D eigenvalue weighted by Gasteiger charge is 2.37. The van der Waals surface area contributed by atoms with Gasteiger partial charge in [0.15, 0.2) is 0 Å². The van der Waals surface area contributed by atoms with Crippen LogP contribution in [0.15, 0.2) is 18.2 Å². The molecule has 0 aliphatic carbocycles. The van der Waals surface area contributed by atoms with E-state index < -0.39 is 12.1 Å². The van der Waals surface area contributed by atoms with E-state index in [2.05, 4.69) is 10.6 Å². The van der Waals surface area contributed by atoms with Crippen molar-refractivity contribution in [2.75, 3.05) is 30.9 Å². The number of hydrogen-bond acceptors (Lipinski definition) is 4. The Kier molecular flexibility index (Phi) is 5.39. The zero-order chi connectivity index (χ0) is 19.7. The predicted octanol–water partition coefficient (Wildman–Crippen LogP) is 1.90. The van der Waals surface area contributed by atoms with Gasteiger partial charge in [-0.2, -0.15) is 0 Å². The quantitative estimate of drug-likeness (QED) is 0.846. The van der Waals surface area contributed by atoms with Crippen LogP contribution in [-0.4, -0.2) is 49.3 Å². The summed E-state index contributed by atoms with van der Waals surface area (Å²) in [5.41, 5.74) is 2.45. The number of fused-ring (bicyclic) bond motifs is 1. The zero-order valence-electron chi connectivity index (χ0n) is 16.4. The van der Waals surface area contributed by atoms with Crippen LogP contribution in [0.25, 0.3) is 0 Å².